The molecule has 3 heteroatoms. The topological polar surface area (TPSA) is 6.48 Å². The van der Waals surface area contributed by atoms with Gasteiger partial charge in [0, 0.05) is 39.3 Å². The van der Waals surface area contributed by atoms with Crippen LogP contribution < -0.4 is 10.4 Å². The molecule has 2 nitrogen and oxygen atoms in total. The van der Waals surface area contributed by atoms with Gasteiger partial charge in [-0.2, -0.15) is 0 Å². The summed E-state index contributed by atoms with van der Waals surface area (Å²) in [6.07, 6.45) is 34.3. The lowest BCUT2D eigenvalue weighted by Gasteiger charge is -2.53. The first kappa shape index (κ1) is 41.1. The number of nitrogens with zero attached hydrogens (tertiary/aromatic N) is 2. The third-order valence-electron chi connectivity index (χ3n) is 15.7. The van der Waals surface area contributed by atoms with Crippen molar-refractivity contribution in [2.45, 2.75) is 157 Å². The molecule has 312 valence electrons. The smallest absolute Gasteiger partial charge is 0.246 e. The highest BCUT2D eigenvalue weighted by Gasteiger charge is 2.50. The van der Waals surface area contributed by atoms with Crippen molar-refractivity contribution in [3.63, 3.8) is 0 Å². The Labute approximate surface area is 364 Å². The molecule has 60 heavy (non-hydrogen) atoms. The second-order valence-corrected chi connectivity index (χ2v) is 22.4. The lowest BCUT2D eigenvalue weighted by atomic mass is 9.30. The van der Waals surface area contributed by atoms with Crippen molar-refractivity contribution < 1.29 is 0 Å². The Kier molecular flexibility index (Phi) is 10.3. The van der Waals surface area contributed by atoms with Gasteiger partial charge in [-0.05, 0) is 146 Å². The van der Waals surface area contributed by atoms with Crippen molar-refractivity contribution in [3.8, 4) is 0 Å². The van der Waals surface area contributed by atoms with E-state index in [2.05, 4.69) is 183 Å². The quantitative estimate of drug-likeness (QED) is 0.212. The van der Waals surface area contributed by atoms with Gasteiger partial charge in [0.05, 0.1) is 6.04 Å². The van der Waals surface area contributed by atoms with E-state index in [-0.39, 0.29) is 34.4 Å². The van der Waals surface area contributed by atoms with Gasteiger partial charge in [0.25, 0.3) is 0 Å². The number of hydrogen-bond acceptors (Lipinski definition) is 2. The minimum Gasteiger partial charge on any atom is -0.339 e. The average molecular weight is 795 g/mol. The molecule has 2 heterocycles. The van der Waals surface area contributed by atoms with E-state index in [0.717, 1.165) is 38.5 Å². The SMILES string of the molecule is CC1=CC2=C3B(C4=C(CC(C(C)(C)C)C=C4)N(C4=CCCC(C(C)(C)C5=CCCCC5)=C4)C3C1)c1ccc(C(C)(C)C3=CC=CCC3)cc1N2c1cccc(C(C)(C)C)c1. The summed E-state index contributed by atoms with van der Waals surface area (Å²) in [5, 5.41) is 0. The molecule has 7 aliphatic rings. The van der Waals surface area contributed by atoms with Gasteiger partial charge in [0.1, 0.15) is 0 Å². The van der Waals surface area contributed by atoms with E-state index in [4.69, 9.17) is 0 Å². The molecule has 2 aromatic rings. The van der Waals surface area contributed by atoms with Gasteiger partial charge < -0.3 is 9.80 Å². The molecule has 2 aromatic carbocycles. The van der Waals surface area contributed by atoms with E-state index in [9.17, 15) is 0 Å². The molecule has 0 amide bonds. The van der Waals surface area contributed by atoms with E-state index in [1.165, 1.54) is 81.7 Å². The molecule has 0 aromatic heterocycles. The second kappa shape index (κ2) is 15.0. The molecular formula is C57H71BN2. The van der Waals surface area contributed by atoms with Gasteiger partial charge in [0.2, 0.25) is 6.71 Å². The van der Waals surface area contributed by atoms with Crippen molar-refractivity contribution in [1.82, 2.24) is 4.90 Å². The van der Waals surface area contributed by atoms with E-state index < -0.39 is 0 Å². The minimum atomic E-state index is -0.0777. The molecule has 0 bridgehead atoms. The van der Waals surface area contributed by atoms with Crippen molar-refractivity contribution in [3.05, 3.63) is 159 Å². The van der Waals surface area contributed by atoms with Crippen LogP contribution in [-0.2, 0) is 10.8 Å². The Bertz CT molecular complexity index is 2380. The molecule has 0 spiro atoms. The molecule has 9 rings (SSSR count). The molecule has 0 N–H and O–H groups in total. The van der Waals surface area contributed by atoms with Gasteiger partial charge in [-0.3, -0.25) is 0 Å². The monoisotopic (exact) mass is 795 g/mol. The van der Waals surface area contributed by atoms with Gasteiger partial charge in [-0.25, -0.2) is 0 Å². The molecule has 0 radical (unpaired) electrons. The molecular weight excluding hydrogens is 723 g/mol. The zero-order chi connectivity index (χ0) is 42.4. The summed E-state index contributed by atoms with van der Waals surface area (Å²) in [4.78, 5) is 5.57. The number of allylic oxidation sites excluding steroid dienone is 14. The third kappa shape index (κ3) is 7.05. The predicted molar refractivity (Wildman–Crippen MR) is 259 cm³/mol. The zero-order valence-electron chi connectivity index (χ0n) is 38.9. The van der Waals surface area contributed by atoms with Crippen LogP contribution in [0.4, 0.5) is 11.4 Å². The number of anilines is 2. The molecule has 0 fully saturated rings. The Morgan fingerprint density at radius 2 is 1.52 bits per heavy atom. The maximum atomic E-state index is 2.89. The highest BCUT2D eigenvalue weighted by Crippen LogP contribution is 2.53. The largest absolute Gasteiger partial charge is 0.339 e. The molecule has 2 atom stereocenters. The summed E-state index contributed by atoms with van der Waals surface area (Å²) >= 11 is 0. The lowest BCUT2D eigenvalue weighted by Crippen LogP contribution is -2.57. The number of fused-ring (bicyclic) bond motifs is 3. The van der Waals surface area contributed by atoms with E-state index in [0.29, 0.717) is 5.92 Å². The third-order valence-corrected chi connectivity index (χ3v) is 15.7. The van der Waals surface area contributed by atoms with Gasteiger partial charge in [-0.1, -0.05) is 158 Å². The first-order chi connectivity index (χ1) is 28.4. The summed E-state index contributed by atoms with van der Waals surface area (Å²) in [6.45, 7) is 26.9. The minimum absolute atomic E-state index is 0.0391. The van der Waals surface area contributed by atoms with E-state index in [1.807, 2.05) is 0 Å². The lowest BCUT2D eigenvalue weighted by molar-refractivity contribution is 0.252. The van der Waals surface area contributed by atoms with E-state index >= 15 is 0 Å². The molecule has 0 saturated heterocycles. The van der Waals surface area contributed by atoms with Crippen molar-refractivity contribution in [2.75, 3.05) is 4.90 Å². The van der Waals surface area contributed by atoms with Gasteiger partial charge in [0.15, 0.2) is 0 Å². The summed E-state index contributed by atoms with van der Waals surface area (Å²) in [7, 11) is 0. The fraction of sp³-hybridized carbons (Fsp3) is 0.474. The fourth-order valence-corrected chi connectivity index (χ4v) is 11.7. The Balaban J connectivity index is 1.28. The van der Waals surface area contributed by atoms with Crippen LogP contribution in [-0.4, -0.2) is 17.7 Å². The molecule has 2 unspecified atom stereocenters. The summed E-state index contributed by atoms with van der Waals surface area (Å²) in [6, 6.07) is 17.3. The average Bonchev–Trinajstić information content (AvgIpc) is 3.23. The van der Waals surface area contributed by atoms with Crippen LogP contribution in [0.2, 0.25) is 0 Å². The standard InChI is InChI=1S/C57H71BN2/c1-38-32-51-53-52(33-38)60(46-27-19-25-43(35-46)56(8,9)39-20-14-12-15-21-39)49-36-42(55(5,6)7)28-30-47(49)58(53)48-31-29-44(57(10,11)40-22-16-13-17-23-40)37-50(48)59(51)45-26-18-24-41(34-45)54(2,3)4/h13,16,18,20,22,24,26-32,34-35,37,42,52H,12,14-15,17,19,21,23,25,33,36H2,1-11H3. The normalized spacial score (nSPS) is 23.4. The first-order valence-corrected chi connectivity index (χ1v) is 23.6. The summed E-state index contributed by atoms with van der Waals surface area (Å²) in [5.41, 5.74) is 20.8. The highest BCUT2D eigenvalue weighted by atomic mass is 15.2. The van der Waals surface area contributed by atoms with Crippen molar-refractivity contribution in [1.29, 1.82) is 0 Å². The van der Waals surface area contributed by atoms with Crippen LogP contribution in [0.3, 0.4) is 0 Å². The first-order valence-electron chi connectivity index (χ1n) is 23.6. The highest BCUT2D eigenvalue weighted by molar-refractivity contribution is 6.89. The van der Waals surface area contributed by atoms with Crippen LogP contribution in [0.15, 0.2) is 147 Å². The van der Waals surface area contributed by atoms with Gasteiger partial charge >= 0.3 is 0 Å². The van der Waals surface area contributed by atoms with Crippen LogP contribution in [0.5, 0.6) is 0 Å². The maximum absolute atomic E-state index is 2.89. The second-order valence-electron chi connectivity index (χ2n) is 22.4. The Morgan fingerprint density at radius 1 is 0.717 bits per heavy atom. The van der Waals surface area contributed by atoms with Crippen LogP contribution in [0.25, 0.3) is 0 Å². The predicted octanol–water partition coefficient (Wildman–Crippen LogP) is 14.8. The molecule has 2 aliphatic heterocycles. The Hall–Kier alpha value is -4.24. The fourth-order valence-electron chi connectivity index (χ4n) is 11.7. The van der Waals surface area contributed by atoms with E-state index in [1.54, 1.807) is 22.3 Å². The van der Waals surface area contributed by atoms with Crippen molar-refractivity contribution >= 4 is 23.6 Å². The van der Waals surface area contributed by atoms with Crippen LogP contribution in [0.1, 0.15) is 151 Å². The molecule has 5 aliphatic carbocycles. The summed E-state index contributed by atoms with van der Waals surface area (Å²) < 4.78 is 0. The van der Waals surface area contributed by atoms with Crippen LogP contribution >= 0.6 is 0 Å². The number of rotatable bonds is 6. The number of benzene rings is 2. The van der Waals surface area contributed by atoms with Gasteiger partial charge in [-0.15, -0.1) is 0 Å². The maximum Gasteiger partial charge on any atom is 0.246 e. The summed E-state index contributed by atoms with van der Waals surface area (Å²) in [5.74, 6) is 0.473. The molecule has 0 saturated carbocycles. The number of hydrogen-bond donors (Lipinski definition) is 0. The zero-order valence-corrected chi connectivity index (χ0v) is 38.9. The van der Waals surface area contributed by atoms with Crippen molar-refractivity contribution in [2.24, 2.45) is 16.7 Å². The Morgan fingerprint density at radius 3 is 2.23 bits per heavy atom. The van der Waals surface area contributed by atoms with Crippen LogP contribution in [0, 0.1) is 16.7 Å².